The maximum Gasteiger partial charge on any atom is 0.252 e. The monoisotopic (exact) mass is 403 g/mol. The highest BCUT2D eigenvalue weighted by Gasteiger charge is 2.29. The normalized spacial score (nSPS) is 13.4. The zero-order valence-electron chi connectivity index (χ0n) is 10.9. The van der Waals surface area contributed by atoms with Gasteiger partial charge in [0.05, 0.1) is 8.81 Å². The van der Waals surface area contributed by atoms with E-state index in [2.05, 4.69) is 21.1 Å². The predicted octanol–water partition coefficient (Wildman–Crippen LogP) is 2.70. The van der Waals surface area contributed by atoms with Gasteiger partial charge in [0.2, 0.25) is 0 Å². The van der Waals surface area contributed by atoms with Crippen molar-refractivity contribution in [2.75, 3.05) is 6.54 Å². The molecule has 0 saturated heterocycles. The van der Waals surface area contributed by atoms with Crippen LogP contribution >= 0.6 is 38.9 Å². The molecule has 0 radical (unpaired) electrons. The smallest absolute Gasteiger partial charge is 0.252 e. The molecule has 0 aliphatic carbocycles. The van der Waals surface area contributed by atoms with E-state index in [4.69, 9.17) is 22.5 Å². The van der Waals surface area contributed by atoms with Gasteiger partial charge in [-0.3, -0.25) is 0 Å². The van der Waals surface area contributed by atoms with E-state index >= 15 is 0 Å². The molecular weight excluding hydrogens is 390 g/mol. The van der Waals surface area contributed by atoms with Gasteiger partial charge in [-0.05, 0) is 35.8 Å². The van der Waals surface area contributed by atoms with Crippen LogP contribution in [0.1, 0.15) is 20.3 Å². The minimum atomic E-state index is -3.66. The first-order valence-corrected chi connectivity index (χ1v) is 9.06. The molecular formula is C10H15BrClN3O3S2. The van der Waals surface area contributed by atoms with Gasteiger partial charge in [-0.1, -0.05) is 16.8 Å². The summed E-state index contributed by atoms with van der Waals surface area (Å²) >= 11 is 10.1. The van der Waals surface area contributed by atoms with E-state index in [9.17, 15) is 8.42 Å². The van der Waals surface area contributed by atoms with Crippen molar-refractivity contribution in [3.05, 3.63) is 14.9 Å². The molecule has 6 nitrogen and oxygen atoms in total. The Balaban J connectivity index is 3.06. The number of sulfonamides is 1. The first-order chi connectivity index (χ1) is 9.20. The summed E-state index contributed by atoms with van der Waals surface area (Å²) in [6.07, 6.45) is 0.147. The average Bonchev–Trinajstić information content (AvgIpc) is 2.69. The number of hydrogen-bond acceptors (Lipinski definition) is 5. The summed E-state index contributed by atoms with van der Waals surface area (Å²) in [5.74, 6) is -0.0174. The van der Waals surface area contributed by atoms with E-state index in [1.807, 2.05) is 0 Å². The predicted molar refractivity (Wildman–Crippen MR) is 84.1 cm³/mol. The summed E-state index contributed by atoms with van der Waals surface area (Å²) in [5, 5.41) is 11.7. The van der Waals surface area contributed by atoms with E-state index in [0.29, 0.717) is 8.81 Å². The second-order valence-corrected chi connectivity index (χ2v) is 9.13. The van der Waals surface area contributed by atoms with Crippen LogP contribution < -0.4 is 5.73 Å². The SMILES string of the molecule is CC(C)N(CCC(N)=NO)S(=O)(=O)c1cc(Cl)c(Br)s1. The Labute approximate surface area is 135 Å². The zero-order valence-corrected chi connectivity index (χ0v) is 14.9. The number of amidine groups is 1. The average molecular weight is 405 g/mol. The van der Waals surface area contributed by atoms with Crippen molar-refractivity contribution in [1.29, 1.82) is 0 Å². The molecule has 0 saturated carbocycles. The lowest BCUT2D eigenvalue weighted by Gasteiger charge is -2.24. The molecule has 1 aromatic rings. The third-order valence-electron chi connectivity index (χ3n) is 2.48. The number of thiophene rings is 1. The Bertz CT molecular complexity index is 581. The molecule has 3 N–H and O–H groups in total. The molecule has 10 heteroatoms. The Morgan fingerprint density at radius 2 is 2.25 bits per heavy atom. The van der Waals surface area contributed by atoms with Crippen molar-refractivity contribution in [3.8, 4) is 0 Å². The van der Waals surface area contributed by atoms with Crippen molar-refractivity contribution in [2.24, 2.45) is 10.9 Å². The molecule has 0 aliphatic rings. The number of nitrogens with zero attached hydrogens (tertiary/aromatic N) is 2. The summed E-state index contributed by atoms with van der Waals surface area (Å²) in [6.45, 7) is 3.64. The highest BCUT2D eigenvalue weighted by molar-refractivity contribution is 9.11. The van der Waals surface area contributed by atoms with Crippen molar-refractivity contribution in [3.63, 3.8) is 0 Å². The van der Waals surface area contributed by atoms with Crippen LogP contribution in [0.4, 0.5) is 0 Å². The molecule has 0 unspecified atom stereocenters. The fourth-order valence-corrected chi connectivity index (χ4v) is 5.67. The summed E-state index contributed by atoms with van der Waals surface area (Å²) in [7, 11) is -3.66. The Kier molecular flexibility index (Phi) is 6.26. The van der Waals surface area contributed by atoms with Crippen LogP contribution in [0.25, 0.3) is 0 Å². The minimum Gasteiger partial charge on any atom is -0.409 e. The van der Waals surface area contributed by atoms with Crippen LogP contribution in [0.2, 0.25) is 5.02 Å². The fraction of sp³-hybridized carbons (Fsp3) is 0.500. The fourth-order valence-electron chi connectivity index (χ4n) is 1.50. The number of halogens is 2. The minimum absolute atomic E-state index is 0.0174. The Hall–Kier alpha value is -0.350. The largest absolute Gasteiger partial charge is 0.409 e. The quantitative estimate of drug-likeness (QED) is 0.330. The summed E-state index contributed by atoms with van der Waals surface area (Å²) in [6, 6.07) is 1.15. The van der Waals surface area contributed by atoms with Gasteiger partial charge in [0, 0.05) is 19.0 Å². The van der Waals surface area contributed by atoms with E-state index < -0.39 is 10.0 Å². The van der Waals surface area contributed by atoms with Crippen molar-refractivity contribution in [2.45, 2.75) is 30.5 Å². The summed E-state index contributed by atoms with van der Waals surface area (Å²) in [4.78, 5) is 0. The van der Waals surface area contributed by atoms with E-state index in [0.717, 1.165) is 11.3 Å². The van der Waals surface area contributed by atoms with Crippen LogP contribution in [0.3, 0.4) is 0 Å². The molecule has 0 atom stereocenters. The van der Waals surface area contributed by atoms with Gasteiger partial charge < -0.3 is 10.9 Å². The van der Waals surface area contributed by atoms with E-state index in [1.165, 1.54) is 10.4 Å². The van der Waals surface area contributed by atoms with Gasteiger partial charge in [0.25, 0.3) is 10.0 Å². The number of nitrogens with two attached hydrogens (primary N) is 1. The van der Waals surface area contributed by atoms with Gasteiger partial charge in [0.1, 0.15) is 10.0 Å². The Morgan fingerprint density at radius 3 is 2.65 bits per heavy atom. The number of rotatable bonds is 6. The van der Waals surface area contributed by atoms with Crippen LogP contribution in [0.15, 0.2) is 19.2 Å². The highest BCUT2D eigenvalue weighted by Crippen LogP contribution is 2.36. The first-order valence-electron chi connectivity index (χ1n) is 5.63. The van der Waals surface area contributed by atoms with Crippen LogP contribution in [0, 0.1) is 0 Å². The summed E-state index contributed by atoms with van der Waals surface area (Å²) in [5.41, 5.74) is 5.38. The van der Waals surface area contributed by atoms with E-state index in [-0.39, 0.29) is 29.1 Å². The van der Waals surface area contributed by atoms with Gasteiger partial charge in [-0.15, -0.1) is 11.3 Å². The number of hydrogen-bond donors (Lipinski definition) is 2. The molecule has 1 heterocycles. The Morgan fingerprint density at radius 1 is 1.65 bits per heavy atom. The van der Waals surface area contributed by atoms with Crippen LogP contribution in [-0.2, 0) is 10.0 Å². The third-order valence-corrected chi connectivity index (χ3v) is 7.48. The van der Waals surface area contributed by atoms with Gasteiger partial charge in [0.15, 0.2) is 0 Å². The second kappa shape index (κ2) is 7.08. The van der Waals surface area contributed by atoms with Crippen LogP contribution in [-0.4, -0.2) is 36.4 Å². The standard InChI is InChI=1S/C10H15BrClN3O3S2/c1-6(2)15(4-3-8(13)14-16)20(17,18)9-5-7(12)10(11)19-9/h5-6,16H,3-4H2,1-2H3,(H2,13,14). The van der Waals surface area contributed by atoms with Gasteiger partial charge in [-0.25, -0.2) is 8.42 Å². The third kappa shape index (κ3) is 4.08. The van der Waals surface area contributed by atoms with Gasteiger partial charge in [-0.2, -0.15) is 4.31 Å². The molecule has 1 rings (SSSR count). The van der Waals surface area contributed by atoms with Crippen molar-refractivity contribution in [1.82, 2.24) is 4.31 Å². The molecule has 0 bridgehead atoms. The van der Waals surface area contributed by atoms with Crippen molar-refractivity contribution >= 4 is 54.7 Å². The number of oxime groups is 1. The van der Waals surface area contributed by atoms with Crippen LogP contribution in [0.5, 0.6) is 0 Å². The van der Waals surface area contributed by atoms with E-state index in [1.54, 1.807) is 13.8 Å². The molecule has 1 aromatic heterocycles. The van der Waals surface area contributed by atoms with Gasteiger partial charge >= 0.3 is 0 Å². The lowest BCUT2D eigenvalue weighted by molar-refractivity contribution is 0.313. The maximum absolute atomic E-state index is 12.6. The molecule has 0 aliphatic heterocycles. The van der Waals surface area contributed by atoms with Crippen molar-refractivity contribution < 1.29 is 13.6 Å². The zero-order chi connectivity index (χ0) is 15.5. The molecule has 114 valence electrons. The first kappa shape index (κ1) is 17.7. The summed E-state index contributed by atoms with van der Waals surface area (Å²) < 4.78 is 27.1. The topological polar surface area (TPSA) is 96.0 Å². The molecule has 0 fully saturated rings. The molecule has 0 amide bonds. The highest BCUT2D eigenvalue weighted by atomic mass is 79.9. The molecule has 0 spiro atoms. The molecule has 20 heavy (non-hydrogen) atoms. The lowest BCUT2D eigenvalue weighted by atomic mass is 10.3. The second-order valence-electron chi connectivity index (χ2n) is 4.24. The maximum atomic E-state index is 12.6. The lowest BCUT2D eigenvalue weighted by Crippen LogP contribution is -2.38. The molecule has 0 aromatic carbocycles.